The molecule has 0 aromatic carbocycles. The number of amides is 1. The Hall–Kier alpha value is -1.67. The molecule has 1 atom stereocenters. The van der Waals surface area contributed by atoms with Crippen LogP contribution in [0.2, 0.25) is 0 Å². The van der Waals surface area contributed by atoms with Crippen molar-refractivity contribution in [1.82, 2.24) is 15.2 Å². The van der Waals surface area contributed by atoms with Crippen LogP contribution in [0, 0.1) is 0 Å². The van der Waals surface area contributed by atoms with Crippen molar-refractivity contribution >= 4 is 22.2 Å². The Morgan fingerprint density at radius 1 is 1.56 bits per heavy atom. The van der Waals surface area contributed by atoms with Crippen LogP contribution in [0.5, 0.6) is 0 Å². The second kappa shape index (κ2) is 5.78. The highest BCUT2D eigenvalue weighted by atomic mass is 32.2. The summed E-state index contributed by atoms with van der Waals surface area (Å²) in [5.74, 6) is -0.562. The van der Waals surface area contributed by atoms with E-state index in [1.54, 1.807) is 25.5 Å². The summed E-state index contributed by atoms with van der Waals surface area (Å²) in [6.45, 7) is 1.63. The molecule has 8 heteroatoms. The molecule has 0 saturated carbocycles. The van der Waals surface area contributed by atoms with Crippen molar-refractivity contribution < 1.29 is 18.0 Å². The maximum atomic E-state index is 11.6. The van der Waals surface area contributed by atoms with Gasteiger partial charge in [0.15, 0.2) is 0 Å². The third-order valence-electron chi connectivity index (χ3n) is 2.18. The molecule has 1 amide bonds. The average molecular weight is 272 g/mol. The number of carbonyl (C=O) groups excluding carboxylic acids is 2. The lowest BCUT2D eigenvalue weighted by molar-refractivity contribution is -0.118. The van der Waals surface area contributed by atoms with Gasteiger partial charge in [-0.25, -0.2) is 8.42 Å². The lowest BCUT2D eigenvalue weighted by atomic mass is 10.1. The molecule has 0 aromatic rings. The minimum atomic E-state index is -3.50. The van der Waals surface area contributed by atoms with E-state index in [2.05, 4.69) is 5.43 Å². The van der Waals surface area contributed by atoms with E-state index in [0.717, 1.165) is 6.26 Å². The fourth-order valence-electron chi connectivity index (χ4n) is 1.25. The van der Waals surface area contributed by atoms with Gasteiger partial charge in [0.25, 0.3) is 5.91 Å². The van der Waals surface area contributed by atoms with Crippen LogP contribution in [0.3, 0.4) is 0 Å². The monoisotopic (exact) mass is 272 g/mol. The van der Waals surface area contributed by atoms with Crippen molar-refractivity contribution in [3.05, 3.63) is 24.0 Å². The van der Waals surface area contributed by atoms with Crippen LogP contribution in [0.25, 0.3) is 0 Å². The molecule has 7 nitrogen and oxygen atoms in total. The lowest BCUT2D eigenvalue weighted by Gasteiger charge is -2.23. The van der Waals surface area contributed by atoms with Crippen molar-refractivity contribution in [3.63, 3.8) is 0 Å². The zero-order chi connectivity index (χ0) is 13.8. The fraction of sp³-hybridized carbons (Fsp3) is 0.400. The molecule has 0 aliphatic carbocycles. The van der Waals surface area contributed by atoms with Crippen LogP contribution in [0.15, 0.2) is 24.0 Å². The summed E-state index contributed by atoms with van der Waals surface area (Å²) in [6, 6.07) is -0.507. The fourth-order valence-corrected chi connectivity index (χ4v) is 1.53. The first-order valence-electron chi connectivity index (χ1n) is 5.13. The van der Waals surface area contributed by atoms with Gasteiger partial charge in [-0.05, 0) is 13.3 Å². The van der Waals surface area contributed by atoms with E-state index in [9.17, 15) is 18.0 Å². The van der Waals surface area contributed by atoms with Crippen molar-refractivity contribution in [2.75, 3.05) is 6.26 Å². The van der Waals surface area contributed by atoms with E-state index in [1.807, 2.05) is 4.83 Å². The predicted octanol–water partition coefficient (Wildman–Crippen LogP) is -0.832. The smallest absolute Gasteiger partial charge is 0.263 e. The molecule has 99 valence electrons. The van der Waals surface area contributed by atoms with Gasteiger partial charge < -0.3 is 4.90 Å². The minimum absolute atomic E-state index is 0.343. The van der Waals surface area contributed by atoms with Crippen molar-refractivity contribution in [2.24, 2.45) is 0 Å². The van der Waals surface area contributed by atoms with Gasteiger partial charge >= 0.3 is 0 Å². The van der Waals surface area contributed by atoms with Gasteiger partial charge in [-0.1, -0.05) is 6.08 Å². The van der Waals surface area contributed by atoms with E-state index in [4.69, 9.17) is 0 Å². The van der Waals surface area contributed by atoms with Crippen molar-refractivity contribution in [3.8, 4) is 0 Å². The Morgan fingerprint density at radius 2 is 2.22 bits per heavy atom. The maximum absolute atomic E-state index is 11.6. The molecule has 0 aromatic heterocycles. The molecule has 0 spiro atoms. The Bertz CT molecular complexity index is 495. The average Bonchev–Trinajstić information content (AvgIpc) is 2.34. The summed E-state index contributed by atoms with van der Waals surface area (Å²) in [5.41, 5.74) is 2.41. The first-order chi connectivity index (χ1) is 8.33. The molecule has 0 saturated heterocycles. The number of nitrogens with zero attached hydrogens (tertiary/aromatic N) is 1. The number of rotatable bonds is 5. The van der Waals surface area contributed by atoms with Gasteiger partial charge in [-0.3, -0.25) is 15.0 Å². The number of hydrogen-bond acceptors (Lipinski definition) is 5. The molecule has 2 N–H and O–H groups in total. The van der Waals surface area contributed by atoms with E-state index in [1.165, 1.54) is 11.1 Å². The Balaban J connectivity index is 2.69. The zero-order valence-corrected chi connectivity index (χ0v) is 10.8. The predicted molar refractivity (Wildman–Crippen MR) is 65.0 cm³/mol. The largest absolute Gasteiger partial charge is 0.344 e. The number of hydrazine groups is 1. The highest BCUT2D eigenvalue weighted by molar-refractivity contribution is 7.88. The van der Waals surface area contributed by atoms with Gasteiger partial charge in [-0.2, -0.15) is 0 Å². The van der Waals surface area contributed by atoms with Crippen LogP contribution < -0.4 is 10.3 Å². The van der Waals surface area contributed by atoms with Crippen LogP contribution in [0.1, 0.15) is 13.3 Å². The maximum Gasteiger partial charge on any atom is 0.263 e. The Morgan fingerprint density at radius 3 is 2.78 bits per heavy atom. The summed E-state index contributed by atoms with van der Waals surface area (Å²) in [4.78, 5) is 25.6. The number of carbonyl (C=O) groups is 1. The minimum Gasteiger partial charge on any atom is -0.344 e. The highest BCUT2D eigenvalue weighted by Crippen LogP contribution is 2.13. The normalized spacial score (nSPS) is 17.0. The topological polar surface area (TPSA) is 95.6 Å². The molecule has 0 fully saturated rings. The van der Waals surface area contributed by atoms with Gasteiger partial charge in [-0.15, -0.1) is 4.83 Å². The molecule has 1 unspecified atom stereocenters. The molecular formula is C10H14N3O4S. The van der Waals surface area contributed by atoms with E-state index in [0.29, 0.717) is 12.0 Å². The van der Waals surface area contributed by atoms with Crippen LogP contribution >= 0.6 is 0 Å². The third kappa shape index (κ3) is 4.30. The molecule has 1 rings (SSSR count). The molecule has 1 heterocycles. The van der Waals surface area contributed by atoms with Gasteiger partial charge in [0.2, 0.25) is 16.3 Å². The first kappa shape index (κ1) is 14.4. The summed E-state index contributed by atoms with van der Waals surface area (Å²) in [7, 11) is -3.50. The summed E-state index contributed by atoms with van der Waals surface area (Å²) < 4.78 is 21.6. The lowest BCUT2D eigenvalue weighted by Crippen LogP contribution is -2.42. The Labute approximate surface area is 106 Å². The zero-order valence-electron chi connectivity index (χ0n) is 10.0. The quantitative estimate of drug-likeness (QED) is 0.637. The summed E-state index contributed by atoms with van der Waals surface area (Å²) in [5, 5.41) is 0. The second-order valence-corrected chi connectivity index (χ2v) is 5.56. The van der Waals surface area contributed by atoms with Crippen molar-refractivity contribution in [1.29, 1.82) is 0 Å². The van der Waals surface area contributed by atoms with E-state index >= 15 is 0 Å². The number of sulfonamides is 1. The molecule has 1 aliphatic heterocycles. The van der Waals surface area contributed by atoms with Crippen LogP contribution in [0.4, 0.5) is 0 Å². The van der Waals surface area contributed by atoms with Gasteiger partial charge in [0.05, 0.1) is 12.3 Å². The molecule has 18 heavy (non-hydrogen) atoms. The molecular weight excluding hydrogens is 258 g/mol. The van der Waals surface area contributed by atoms with Crippen LogP contribution in [-0.4, -0.2) is 37.8 Å². The number of nitrogens with one attached hydrogen (secondary N) is 2. The summed E-state index contributed by atoms with van der Waals surface area (Å²) >= 11 is 0. The van der Waals surface area contributed by atoms with Gasteiger partial charge in [0.1, 0.15) is 0 Å². The highest BCUT2D eigenvalue weighted by Gasteiger charge is 2.17. The Kier molecular flexibility index (Phi) is 4.62. The van der Waals surface area contributed by atoms with Crippen molar-refractivity contribution in [2.45, 2.75) is 19.4 Å². The number of hydrogen-bond donors (Lipinski definition) is 2. The second-order valence-electron chi connectivity index (χ2n) is 3.81. The first-order valence-corrected chi connectivity index (χ1v) is 7.02. The third-order valence-corrected chi connectivity index (χ3v) is 2.65. The van der Waals surface area contributed by atoms with Gasteiger partial charge in [0, 0.05) is 18.0 Å². The van der Waals surface area contributed by atoms with Crippen LogP contribution in [-0.2, 0) is 19.6 Å². The summed E-state index contributed by atoms with van der Waals surface area (Å²) in [6.07, 6.45) is 7.92. The standard InChI is InChI=1S/C10H14N3O4S/c1-8(7-14)13-5-3-4-9(6-13)10(15)11-12-18(2,16)17/h3,5-6,8,12H,4H2,1-2H3,(H,11,15). The molecule has 0 bridgehead atoms. The molecule has 1 aliphatic rings. The van der Waals surface area contributed by atoms with E-state index in [-0.39, 0.29) is 0 Å². The molecule has 1 radical (unpaired) electrons. The number of allylic oxidation sites excluding steroid dienone is 1. The van der Waals surface area contributed by atoms with E-state index < -0.39 is 22.0 Å². The SMILES string of the molecule is CC([C]=O)N1C=CCC(C(=O)NNS(C)(=O)=O)=C1.